The van der Waals surface area contributed by atoms with Crippen molar-refractivity contribution in [3.63, 3.8) is 0 Å². The minimum absolute atomic E-state index is 0.000813. The van der Waals surface area contributed by atoms with Crippen molar-refractivity contribution in [1.29, 1.82) is 0 Å². The van der Waals surface area contributed by atoms with Gasteiger partial charge in [0.15, 0.2) is 37.6 Å². The highest BCUT2D eigenvalue weighted by Crippen LogP contribution is 2.44. The van der Waals surface area contributed by atoms with Gasteiger partial charge < -0.3 is 99.5 Å². The number of fused-ring (bicyclic) bond motifs is 1. The fraction of sp³-hybridized carbons (Fsp3) is 0.336. The first kappa shape index (κ1) is 93.1. The number of esters is 1. The molecule has 0 unspecified atom stereocenters. The lowest BCUT2D eigenvalue weighted by atomic mass is 9.94. The molecule has 5 saturated heterocycles. The first-order chi connectivity index (χ1) is 65.3. The van der Waals surface area contributed by atoms with E-state index in [4.69, 9.17) is 99.5 Å². The van der Waals surface area contributed by atoms with Crippen LogP contribution < -0.4 is 0 Å². The highest BCUT2D eigenvalue weighted by atomic mass is 16.8. The molecule has 5 aliphatic rings. The van der Waals surface area contributed by atoms with E-state index in [2.05, 4.69) is 0 Å². The van der Waals surface area contributed by atoms with Crippen LogP contribution in [-0.2, 0) is 177 Å². The Morgan fingerprint density at radius 3 is 0.826 bits per heavy atom. The van der Waals surface area contributed by atoms with Crippen molar-refractivity contribution in [2.24, 2.45) is 0 Å². The topological polar surface area (TPSA) is 211 Å². The third-order valence-corrected chi connectivity index (χ3v) is 23.7. The molecule has 5 fully saturated rings. The molecule has 22 heteroatoms. The maximum absolute atomic E-state index is 14.8. The van der Waals surface area contributed by atoms with Gasteiger partial charge in [0.25, 0.3) is 0 Å². The molecule has 132 heavy (non-hydrogen) atoms. The summed E-state index contributed by atoms with van der Waals surface area (Å²) >= 11 is 0. The molecule has 0 radical (unpaired) electrons. The van der Waals surface area contributed by atoms with Gasteiger partial charge in [0.2, 0.25) is 0 Å². The van der Waals surface area contributed by atoms with Crippen LogP contribution in [-0.4, -0.2) is 155 Å². The average Bonchev–Trinajstić information content (AvgIpc) is 0.750. The number of carbonyl (C=O) groups is 1. The summed E-state index contributed by atoms with van der Waals surface area (Å²) in [6.45, 7) is 2.47. The molecule has 21 atom stereocenters. The minimum atomic E-state index is -1.60. The van der Waals surface area contributed by atoms with Gasteiger partial charge in [0.05, 0.1) is 99.1 Å². The van der Waals surface area contributed by atoms with Gasteiger partial charge in [-0.3, -0.25) is 4.79 Å². The first-order valence-electron chi connectivity index (χ1n) is 45.4. The summed E-state index contributed by atoms with van der Waals surface area (Å²) in [7, 11) is 0. The van der Waals surface area contributed by atoms with Crippen molar-refractivity contribution in [3.8, 4) is 0 Å². The van der Waals surface area contributed by atoms with E-state index in [-0.39, 0.29) is 99.1 Å². The molecule has 12 aromatic carbocycles. The monoisotopic (exact) mass is 1790 g/mol. The number of rotatable bonds is 44. The molecular formula is C110H114O22. The fourth-order valence-electron chi connectivity index (χ4n) is 17.1. The van der Waals surface area contributed by atoms with Gasteiger partial charge >= 0.3 is 5.97 Å². The Balaban J connectivity index is 0.808. The second-order valence-corrected chi connectivity index (χ2v) is 33.4. The average molecular weight is 1790 g/mol. The van der Waals surface area contributed by atoms with Gasteiger partial charge in [-0.1, -0.05) is 364 Å². The molecule has 12 aromatic rings. The molecule has 22 nitrogen and oxygen atoms in total. The van der Waals surface area contributed by atoms with Gasteiger partial charge in [-0.25, -0.2) is 0 Å². The smallest absolute Gasteiger partial charge is 0.303 e. The van der Waals surface area contributed by atoms with E-state index >= 15 is 0 Å². The Labute approximate surface area is 771 Å². The predicted octanol–water partition coefficient (Wildman–Crippen LogP) is 18.1. The molecule has 5 aliphatic heterocycles. The van der Waals surface area contributed by atoms with E-state index in [9.17, 15) is 4.79 Å². The van der Waals surface area contributed by atoms with Crippen LogP contribution in [0.5, 0.6) is 0 Å². The third-order valence-electron chi connectivity index (χ3n) is 23.7. The maximum Gasteiger partial charge on any atom is 0.303 e. The predicted molar refractivity (Wildman–Crippen MR) is 489 cm³/mol. The molecule has 0 aliphatic carbocycles. The Morgan fingerprint density at radius 2 is 0.492 bits per heavy atom. The van der Waals surface area contributed by atoms with Crippen LogP contribution >= 0.6 is 0 Å². The van der Waals surface area contributed by atoms with Crippen molar-refractivity contribution >= 4 is 5.97 Å². The van der Waals surface area contributed by atoms with E-state index < -0.39 is 135 Å². The molecule has 17 rings (SSSR count). The summed E-state index contributed by atoms with van der Waals surface area (Å²) in [6, 6.07) is 118. The van der Waals surface area contributed by atoms with Crippen molar-refractivity contribution in [1.82, 2.24) is 0 Å². The van der Waals surface area contributed by atoms with Crippen LogP contribution in [0.1, 0.15) is 80.0 Å². The summed E-state index contributed by atoms with van der Waals surface area (Å²) in [5, 5.41) is 0. The van der Waals surface area contributed by atoms with Gasteiger partial charge in [-0.2, -0.15) is 0 Å². The normalized spacial score (nSPS) is 26.5. The summed E-state index contributed by atoms with van der Waals surface area (Å²) in [5.41, 5.74) is 10.4. The van der Waals surface area contributed by atoms with Crippen molar-refractivity contribution < 1.29 is 104 Å². The van der Waals surface area contributed by atoms with Gasteiger partial charge in [0, 0.05) is 12.5 Å². The van der Waals surface area contributed by atoms with E-state index in [1.54, 1.807) is 0 Å². The third kappa shape index (κ3) is 26.2. The van der Waals surface area contributed by atoms with Crippen molar-refractivity contribution in [2.45, 2.75) is 209 Å². The number of hydrogen-bond donors (Lipinski definition) is 0. The van der Waals surface area contributed by atoms with Gasteiger partial charge in [-0.05, 0) is 61.2 Å². The van der Waals surface area contributed by atoms with Crippen LogP contribution in [0.3, 0.4) is 0 Å². The lowest BCUT2D eigenvalue weighted by Gasteiger charge is -2.53. The fourth-order valence-corrected chi connectivity index (χ4v) is 17.1. The summed E-state index contributed by atoms with van der Waals surface area (Å²) in [6.07, 6.45) is -25.0. The van der Waals surface area contributed by atoms with E-state index in [0.29, 0.717) is 5.56 Å². The number of ether oxygens (including phenoxy) is 21. The molecule has 5 heterocycles. The summed E-state index contributed by atoms with van der Waals surface area (Å²) < 4.78 is 154. The highest BCUT2D eigenvalue weighted by Gasteiger charge is 2.61. The Bertz CT molecular complexity index is 5260. The van der Waals surface area contributed by atoms with E-state index in [0.717, 1.165) is 61.2 Å². The minimum Gasteiger partial charge on any atom is -0.454 e. The molecular weight excluding hydrogens is 1670 g/mol. The Morgan fingerprint density at radius 1 is 0.242 bits per heavy atom. The lowest BCUT2D eigenvalue weighted by Crippen LogP contribution is -2.70. The first-order valence-corrected chi connectivity index (χ1v) is 45.4. The second kappa shape index (κ2) is 48.8. The van der Waals surface area contributed by atoms with Gasteiger partial charge in [0.1, 0.15) is 91.6 Å². The summed E-state index contributed by atoms with van der Waals surface area (Å²) in [4.78, 5) is 14.8. The molecule has 0 aromatic heterocycles. The largest absolute Gasteiger partial charge is 0.454 e. The Kier molecular flexibility index (Phi) is 34.4. The Hall–Kier alpha value is -10.7. The SMILES string of the molecule is CC(=O)O[C@@H]1[C@@H](O[C@@H]2[C@@H](OCc3ccccc3)O[C@H](COCc3ccccc3)[C@@H](OCc3ccccc3)[C@@H]2OCc2ccccc2)O[C@@H]2CO[C@@H](c3ccccc3)O[C@H]2[C@@H]1O[C@H]1O[C@H](COCc2ccccc2)[C@@H](OCc2ccccc2)[C@H](O[C@H]2O[C@H](COCc3ccccc3)[C@@H](OCc3ccccc3)[C@H](OCc3ccccc3)[C@H]2OCc2ccccc2)[C@H]1OCc1ccccc1. The number of carbonyl (C=O) groups excluding carboxylic acids is 1. The highest BCUT2D eigenvalue weighted by molar-refractivity contribution is 5.66. The standard InChI is InChI=1S/C110H114O22/c1-77(111)124-105-101(97-93(76-123-106(129-97)89-60-36-13-37-61-89)128-110(105)132-104-99(119-69-85-52-28-9-29-53-85)95(116-66-82-46-22-6-23-47-82)90(73-112-62-78-38-14-2-15-39-78)125-107(104)122-72-88-58-34-12-35-59-88)131-109-103(121-71-87-56-32-11-33-57-87)100(96(117-67-83-48-24-7-25-49-83)92(127-109)75-114-64-80-42-18-4-19-43-80)130-108-102(120-70-86-54-30-10-31-55-86)98(118-68-84-50-26-8-27-51-84)94(115-65-81-44-20-5-21-45-81)91(126-108)74-113-63-79-40-16-3-17-41-79/h2-61,90-110H,62-76H2,1H3/t90-,91-,92-,93-,94-,95-,96-,97-,98+,99+,100+,101+,102-,103-,104+,105+,106-,107+,108-,109-,110-/m1/s1. The zero-order valence-electron chi connectivity index (χ0n) is 73.9. The van der Waals surface area contributed by atoms with Crippen LogP contribution in [0.2, 0.25) is 0 Å². The molecule has 0 bridgehead atoms. The molecule has 0 saturated carbocycles. The number of hydrogen-bond acceptors (Lipinski definition) is 22. The maximum atomic E-state index is 14.8. The van der Waals surface area contributed by atoms with Crippen LogP contribution in [0, 0.1) is 0 Å². The molecule has 686 valence electrons. The van der Waals surface area contributed by atoms with Crippen molar-refractivity contribution in [2.75, 3.05) is 26.4 Å². The van der Waals surface area contributed by atoms with Crippen molar-refractivity contribution in [3.05, 3.63) is 431 Å². The van der Waals surface area contributed by atoms with E-state index in [1.165, 1.54) is 6.92 Å². The van der Waals surface area contributed by atoms with Crippen LogP contribution in [0.15, 0.2) is 364 Å². The molecule has 0 spiro atoms. The number of benzene rings is 12. The van der Waals surface area contributed by atoms with Crippen LogP contribution in [0.4, 0.5) is 0 Å². The summed E-state index contributed by atoms with van der Waals surface area (Å²) in [5.74, 6) is -0.720. The second-order valence-electron chi connectivity index (χ2n) is 33.4. The van der Waals surface area contributed by atoms with Gasteiger partial charge in [-0.15, -0.1) is 0 Å². The zero-order chi connectivity index (χ0) is 89.5. The quantitative estimate of drug-likeness (QED) is 0.0325. The van der Waals surface area contributed by atoms with Crippen LogP contribution in [0.25, 0.3) is 0 Å². The lowest BCUT2D eigenvalue weighted by molar-refractivity contribution is -0.419. The molecule has 0 amide bonds. The van der Waals surface area contributed by atoms with E-state index in [1.807, 2.05) is 364 Å². The zero-order valence-corrected chi connectivity index (χ0v) is 73.9. The molecule has 0 N–H and O–H groups in total.